The highest BCUT2D eigenvalue weighted by Gasteiger charge is 2.32. The fourth-order valence-electron chi connectivity index (χ4n) is 6.87. The molecule has 1 nitrogen and oxygen atoms in total. The van der Waals surface area contributed by atoms with Gasteiger partial charge >= 0.3 is 0 Å². The third-order valence-corrected chi connectivity index (χ3v) is 9.33. The van der Waals surface area contributed by atoms with E-state index in [1.807, 2.05) is 0 Å². The second-order valence-corrected chi connectivity index (χ2v) is 12.8. The Morgan fingerprint density at radius 3 is 2.38 bits per heavy atom. The van der Waals surface area contributed by atoms with Crippen molar-refractivity contribution in [3.8, 4) is 11.1 Å². The predicted molar refractivity (Wildman–Crippen MR) is 169 cm³/mol. The average Bonchev–Trinajstić information content (AvgIpc) is 2.97. The molecule has 2 unspecified atom stereocenters. The molecular weight excluding hydrogens is 470 g/mol. The van der Waals surface area contributed by atoms with Crippen molar-refractivity contribution in [3.05, 3.63) is 112 Å². The normalized spacial score (nSPS) is 18.6. The Morgan fingerprint density at radius 2 is 1.67 bits per heavy atom. The smallest absolute Gasteiger partial charge is 0.0539 e. The molecule has 3 aromatic carbocycles. The van der Waals surface area contributed by atoms with Gasteiger partial charge in [-0.3, -0.25) is 0 Å². The van der Waals surface area contributed by atoms with Crippen LogP contribution in [0, 0.1) is 5.92 Å². The van der Waals surface area contributed by atoms with E-state index in [1.54, 1.807) is 11.1 Å². The molecule has 0 N–H and O–H groups in total. The molecule has 0 radical (unpaired) electrons. The maximum atomic E-state index is 2.56. The van der Waals surface area contributed by atoms with Crippen molar-refractivity contribution < 1.29 is 0 Å². The van der Waals surface area contributed by atoms with Crippen molar-refractivity contribution in [2.75, 3.05) is 4.90 Å². The van der Waals surface area contributed by atoms with E-state index in [-0.39, 0.29) is 5.41 Å². The molecule has 200 valence electrons. The summed E-state index contributed by atoms with van der Waals surface area (Å²) in [5.41, 5.74) is 14.5. The number of benzene rings is 3. The molecule has 1 heteroatoms. The van der Waals surface area contributed by atoms with Gasteiger partial charge in [-0.15, -0.1) is 0 Å². The number of hydrogen-bond acceptors (Lipinski definition) is 1. The van der Waals surface area contributed by atoms with Crippen LogP contribution in [0.3, 0.4) is 0 Å². The molecule has 0 aliphatic heterocycles. The number of anilines is 2. The van der Waals surface area contributed by atoms with Crippen LogP contribution in [0.5, 0.6) is 0 Å². The minimum Gasteiger partial charge on any atom is -0.314 e. The van der Waals surface area contributed by atoms with Gasteiger partial charge in [0.25, 0.3) is 0 Å². The van der Waals surface area contributed by atoms with Crippen LogP contribution in [0.1, 0.15) is 94.0 Å². The second kappa shape index (κ2) is 10.3. The van der Waals surface area contributed by atoms with Gasteiger partial charge in [-0.25, -0.2) is 0 Å². The molecule has 0 saturated carbocycles. The van der Waals surface area contributed by atoms with Crippen LogP contribution in [0.25, 0.3) is 17.2 Å². The van der Waals surface area contributed by atoms with Crippen molar-refractivity contribution in [1.29, 1.82) is 0 Å². The molecule has 3 aromatic rings. The SMILES string of the molecule is CCC(C)C1Cc2c(cc(N(C3=CC=CCC3)c3ccc(C(C)(C)C)cc3)c3c2CCC=C3)-c2ccccc21. The summed E-state index contributed by atoms with van der Waals surface area (Å²) in [6, 6.07) is 21.1. The summed E-state index contributed by atoms with van der Waals surface area (Å²) in [7, 11) is 0. The standard InChI is InChI=1S/C38H43N/c1-6-26(2)34-24-35-32-18-12-13-19-33(32)37(25-36(35)31-17-11-10-16-30(31)34)39(28-14-8-7-9-15-28)29-22-20-27(21-23-29)38(3,4)5/h7-8,10-11,13-14,16-17,19-23,25-26,34H,6,9,12,15,18,24H2,1-5H3. The lowest BCUT2D eigenvalue weighted by atomic mass is 9.70. The zero-order valence-corrected chi connectivity index (χ0v) is 24.4. The second-order valence-electron chi connectivity index (χ2n) is 12.8. The highest BCUT2D eigenvalue weighted by atomic mass is 15.2. The first-order valence-corrected chi connectivity index (χ1v) is 15.1. The Bertz CT molecular complexity index is 1460. The largest absolute Gasteiger partial charge is 0.314 e. The first kappa shape index (κ1) is 25.9. The molecule has 0 fully saturated rings. The molecule has 0 spiro atoms. The number of allylic oxidation sites excluding steroid dienone is 5. The number of nitrogens with zero attached hydrogens (tertiary/aromatic N) is 1. The quantitative estimate of drug-likeness (QED) is 0.328. The summed E-state index contributed by atoms with van der Waals surface area (Å²) < 4.78 is 0. The first-order chi connectivity index (χ1) is 18.9. The summed E-state index contributed by atoms with van der Waals surface area (Å²) in [4.78, 5) is 2.56. The van der Waals surface area contributed by atoms with E-state index in [0.717, 1.165) is 32.1 Å². The highest BCUT2D eigenvalue weighted by molar-refractivity contribution is 5.88. The molecule has 0 bridgehead atoms. The zero-order chi connectivity index (χ0) is 27.1. The predicted octanol–water partition coefficient (Wildman–Crippen LogP) is 10.7. The Hall–Kier alpha value is -3.32. The van der Waals surface area contributed by atoms with Crippen LogP contribution in [0.4, 0.5) is 11.4 Å². The van der Waals surface area contributed by atoms with E-state index in [1.165, 1.54) is 51.3 Å². The fraction of sp³-hybridized carbons (Fsp3) is 0.368. The van der Waals surface area contributed by atoms with Gasteiger partial charge in [0.05, 0.1) is 5.69 Å². The van der Waals surface area contributed by atoms with E-state index in [2.05, 4.69) is 124 Å². The van der Waals surface area contributed by atoms with Crippen LogP contribution >= 0.6 is 0 Å². The number of hydrogen-bond donors (Lipinski definition) is 0. The Labute approximate surface area is 236 Å². The van der Waals surface area contributed by atoms with Gasteiger partial charge in [-0.05, 0) is 107 Å². The van der Waals surface area contributed by atoms with E-state index in [9.17, 15) is 0 Å². The van der Waals surface area contributed by atoms with Crippen LogP contribution < -0.4 is 4.90 Å². The summed E-state index contributed by atoms with van der Waals surface area (Å²) in [5.74, 6) is 1.26. The van der Waals surface area contributed by atoms with Gasteiger partial charge in [-0.1, -0.05) is 102 Å². The molecule has 0 amide bonds. The van der Waals surface area contributed by atoms with Crippen molar-refractivity contribution in [3.63, 3.8) is 0 Å². The maximum Gasteiger partial charge on any atom is 0.0539 e. The third kappa shape index (κ3) is 4.71. The van der Waals surface area contributed by atoms with E-state index >= 15 is 0 Å². The minimum atomic E-state index is 0.139. The van der Waals surface area contributed by atoms with Gasteiger partial charge in [0, 0.05) is 16.9 Å². The lowest BCUT2D eigenvalue weighted by Gasteiger charge is -2.37. The Morgan fingerprint density at radius 1 is 0.897 bits per heavy atom. The molecule has 2 atom stereocenters. The van der Waals surface area contributed by atoms with Crippen molar-refractivity contribution in [2.24, 2.45) is 5.92 Å². The van der Waals surface area contributed by atoms with Gasteiger partial charge in [0.2, 0.25) is 0 Å². The van der Waals surface area contributed by atoms with Crippen LogP contribution in [0.15, 0.2) is 84.6 Å². The van der Waals surface area contributed by atoms with Crippen molar-refractivity contribution in [1.82, 2.24) is 0 Å². The maximum absolute atomic E-state index is 2.56. The third-order valence-electron chi connectivity index (χ3n) is 9.33. The lowest BCUT2D eigenvalue weighted by Crippen LogP contribution is -2.23. The van der Waals surface area contributed by atoms with Crippen LogP contribution in [-0.4, -0.2) is 0 Å². The van der Waals surface area contributed by atoms with Gasteiger partial charge in [0.1, 0.15) is 0 Å². The molecule has 39 heavy (non-hydrogen) atoms. The Kier molecular flexibility index (Phi) is 6.88. The average molecular weight is 514 g/mol. The van der Waals surface area contributed by atoms with Crippen molar-refractivity contribution >= 4 is 17.5 Å². The van der Waals surface area contributed by atoms with E-state index in [0.29, 0.717) is 11.8 Å². The zero-order valence-electron chi connectivity index (χ0n) is 24.4. The lowest BCUT2D eigenvalue weighted by molar-refractivity contribution is 0.439. The highest BCUT2D eigenvalue weighted by Crippen LogP contribution is 2.50. The van der Waals surface area contributed by atoms with Crippen LogP contribution in [0.2, 0.25) is 0 Å². The Balaban J connectivity index is 1.58. The summed E-state index contributed by atoms with van der Waals surface area (Å²) in [6.45, 7) is 11.7. The molecule has 3 aliphatic carbocycles. The minimum absolute atomic E-state index is 0.139. The van der Waals surface area contributed by atoms with E-state index < -0.39 is 0 Å². The summed E-state index contributed by atoms with van der Waals surface area (Å²) in [6.07, 6.45) is 18.4. The topological polar surface area (TPSA) is 3.24 Å². The summed E-state index contributed by atoms with van der Waals surface area (Å²) in [5, 5.41) is 0. The molecular formula is C38H43N. The van der Waals surface area contributed by atoms with Gasteiger partial charge < -0.3 is 4.90 Å². The van der Waals surface area contributed by atoms with Gasteiger partial charge in [0.15, 0.2) is 0 Å². The van der Waals surface area contributed by atoms with E-state index in [4.69, 9.17) is 0 Å². The molecule has 6 rings (SSSR count). The molecule has 0 aromatic heterocycles. The number of rotatable bonds is 5. The fourth-order valence-corrected chi connectivity index (χ4v) is 6.87. The summed E-state index contributed by atoms with van der Waals surface area (Å²) >= 11 is 0. The van der Waals surface area contributed by atoms with Crippen molar-refractivity contribution in [2.45, 2.75) is 84.5 Å². The van der Waals surface area contributed by atoms with Crippen LogP contribution in [-0.2, 0) is 18.3 Å². The molecule has 3 aliphatic rings. The molecule has 0 heterocycles. The monoisotopic (exact) mass is 513 g/mol. The molecule has 0 saturated heterocycles. The first-order valence-electron chi connectivity index (χ1n) is 15.1. The number of fused-ring (bicyclic) bond motifs is 5. The van der Waals surface area contributed by atoms with Gasteiger partial charge in [-0.2, -0.15) is 0 Å².